The molecular weight excluding hydrogens is 544 g/mol. The first kappa shape index (κ1) is 31.7. The van der Waals surface area contributed by atoms with Crippen LogP contribution in [0.2, 0.25) is 5.15 Å². The minimum atomic E-state index is -1.13. The number of anilines is 1. The van der Waals surface area contributed by atoms with E-state index in [1.54, 1.807) is 51.1 Å². The number of halogens is 1. The minimum absolute atomic E-state index is 0.0569. The normalized spacial score (nSPS) is 11.6. The molecule has 0 radical (unpaired) electrons. The molecule has 14 heteroatoms. The summed E-state index contributed by atoms with van der Waals surface area (Å²) in [7, 11) is 0. The first-order chi connectivity index (χ1) is 19.1. The van der Waals surface area contributed by atoms with E-state index >= 15 is 0 Å². The molecule has 0 fully saturated rings. The van der Waals surface area contributed by atoms with Gasteiger partial charge in [0.25, 0.3) is 11.8 Å². The van der Waals surface area contributed by atoms with Gasteiger partial charge in [-0.05, 0) is 45.4 Å². The number of rotatable bonds is 14. The van der Waals surface area contributed by atoms with Crippen molar-refractivity contribution in [3.8, 4) is 0 Å². The van der Waals surface area contributed by atoms with Gasteiger partial charge in [-0.3, -0.25) is 19.2 Å². The van der Waals surface area contributed by atoms with Crippen LogP contribution in [0.3, 0.4) is 0 Å². The number of nitrogens with one attached hydrogen (secondary N) is 4. The molecular formula is C26H31ClN6O7. The Morgan fingerprint density at radius 1 is 1.02 bits per heavy atom. The van der Waals surface area contributed by atoms with Crippen molar-refractivity contribution >= 4 is 47.2 Å². The maximum atomic E-state index is 12.9. The summed E-state index contributed by atoms with van der Waals surface area (Å²) in [4.78, 5) is 70.3. The van der Waals surface area contributed by atoms with Crippen molar-refractivity contribution in [2.75, 3.05) is 25.1 Å². The van der Waals surface area contributed by atoms with E-state index in [0.29, 0.717) is 5.69 Å². The summed E-state index contributed by atoms with van der Waals surface area (Å²) in [6.07, 6.45) is 0.970. The number of carbonyl (C=O) groups excluding carboxylic acids is 5. The molecule has 0 bridgehead atoms. The first-order valence-electron chi connectivity index (χ1n) is 12.4. The van der Waals surface area contributed by atoms with Gasteiger partial charge in [-0.2, -0.15) is 0 Å². The van der Waals surface area contributed by atoms with Crippen LogP contribution in [0.5, 0.6) is 0 Å². The van der Waals surface area contributed by atoms with Gasteiger partial charge < -0.3 is 30.7 Å². The van der Waals surface area contributed by atoms with Crippen molar-refractivity contribution in [3.63, 3.8) is 0 Å². The fourth-order valence-corrected chi connectivity index (χ4v) is 3.40. The van der Waals surface area contributed by atoms with Gasteiger partial charge in [0.15, 0.2) is 0 Å². The summed E-state index contributed by atoms with van der Waals surface area (Å²) < 4.78 is 9.81. The quantitative estimate of drug-likeness (QED) is 0.147. The molecule has 1 heterocycles. The first-order valence-corrected chi connectivity index (χ1v) is 12.7. The molecule has 0 aliphatic carbocycles. The van der Waals surface area contributed by atoms with E-state index in [-0.39, 0.29) is 48.4 Å². The Morgan fingerprint density at radius 3 is 2.38 bits per heavy atom. The third kappa shape index (κ3) is 11.1. The third-order valence-corrected chi connectivity index (χ3v) is 5.15. The highest BCUT2D eigenvalue weighted by molar-refractivity contribution is 6.29. The molecule has 0 unspecified atom stereocenters. The lowest BCUT2D eigenvalue weighted by molar-refractivity contribution is -0.148. The maximum absolute atomic E-state index is 12.9. The molecule has 1 atom stereocenters. The van der Waals surface area contributed by atoms with Crippen molar-refractivity contribution in [2.24, 2.45) is 0 Å². The fraction of sp³-hybridized carbons (Fsp3) is 0.346. The predicted molar refractivity (Wildman–Crippen MR) is 145 cm³/mol. The minimum Gasteiger partial charge on any atom is -0.466 e. The lowest BCUT2D eigenvalue weighted by Gasteiger charge is -2.17. The summed E-state index contributed by atoms with van der Waals surface area (Å²) in [6, 6.07) is 8.57. The van der Waals surface area contributed by atoms with E-state index in [1.165, 1.54) is 6.07 Å². The van der Waals surface area contributed by atoms with Gasteiger partial charge in [-0.1, -0.05) is 29.8 Å². The van der Waals surface area contributed by atoms with Crippen LogP contribution in [-0.2, 0) is 28.7 Å². The molecule has 214 valence electrons. The third-order valence-electron chi connectivity index (χ3n) is 4.96. The van der Waals surface area contributed by atoms with E-state index < -0.39 is 42.2 Å². The zero-order chi connectivity index (χ0) is 29.5. The topological polar surface area (TPSA) is 178 Å². The highest BCUT2D eigenvalue weighted by Gasteiger charge is 2.24. The van der Waals surface area contributed by atoms with Gasteiger partial charge in [0.2, 0.25) is 11.9 Å². The van der Waals surface area contributed by atoms with Gasteiger partial charge in [0.05, 0.1) is 19.8 Å². The SMILES string of the molecule is CCOC(=O)CC[C@H](NC(=O)CNC(=O)/C(=C\Nc1nc(C)cc(Cl)n1)NC(=O)c1ccccc1)C(=O)OCC. The summed E-state index contributed by atoms with van der Waals surface area (Å²) in [5, 5.41) is 10.2. The zero-order valence-electron chi connectivity index (χ0n) is 22.3. The van der Waals surface area contributed by atoms with Crippen LogP contribution >= 0.6 is 11.6 Å². The standard InChI is InChI=1S/C26H31ClN6O7/c1-4-39-22(35)12-11-18(25(38)40-5-2)31-21(34)15-28-24(37)19(32-23(36)17-9-7-6-8-10-17)14-29-26-30-16(3)13-20(27)33-26/h6-10,13-14,18H,4-5,11-12,15H2,1-3H3,(H,28,37)(H,31,34)(H,32,36)(H,29,30,33)/b19-14+/t18-/m0/s1. The van der Waals surface area contributed by atoms with E-state index in [1.807, 2.05) is 0 Å². The molecule has 2 rings (SSSR count). The molecule has 1 aromatic heterocycles. The van der Waals surface area contributed by atoms with Crippen molar-refractivity contribution in [2.45, 2.75) is 39.7 Å². The highest BCUT2D eigenvalue weighted by Crippen LogP contribution is 2.10. The monoisotopic (exact) mass is 574 g/mol. The van der Waals surface area contributed by atoms with Crippen LogP contribution in [0.1, 0.15) is 42.7 Å². The number of hydrogen-bond donors (Lipinski definition) is 4. The summed E-state index contributed by atoms with van der Waals surface area (Å²) >= 11 is 5.95. The number of benzene rings is 1. The second kappa shape index (κ2) is 16.4. The van der Waals surface area contributed by atoms with E-state index in [0.717, 1.165) is 6.20 Å². The smallest absolute Gasteiger partial charge is 0.328 e. The molecule has 0 saturated heterocycles. The van der Waals surface area contributed by atoms with Gasteiger partial charge in [-0.15, -0.1) is 0 Å². The number of aromatic nitrogens is 2. The zero-order valence-corrected chi connectivity index (χ0v) is 23.0. The largest absolute Gasteiger partial charge is 0.466 e. The van der Waals surface area contributed by atoms with Gasteiger partial charge in [0.1, 0.15) is 16.9 Å². The van der Waals surface area contributed by atoms with Gasteiger partial charge in [0, 0.05) is 23.9 Å². The Labute approximate surface area is 236 Å². The van der Waals surface area contributed by atoms with Crippen molar-refractivity contribution in [1.82, 2.24) is 25.9 Å². The van der Waals surface area contributed by atoms with Gasteiger partial charge in [-0.25, -0.2) is 14.8 Å². The molecule has 0 aliphatic heterocycles. The molecule has 0 saturated carbocycles. The lowest BCUT2D eigenvalue weighted by Crippen LogP contribution is -2.47. The number of ether oxygens (including phenoxy) is 2. The van der Waals surface area contributed by atoms with Crippen LogP contribution in [0.15, 0.2) is 48.3 Å². The van der Waals surface area contributed by atoms with Crippen LogP contribution in [-0.4, -0.2) is 65.4 Å². The van der Waals surface area contributed by atoms with E-state index in [4.69, 9.17) is 21.1 Å². The molecule has 1 aromatic carbocycles. The number of aryl methyl sites for hydroxylation is 1. The number of carbonyl (C=O) groups is 5. The number of amides is 3. The Kier molecular flexibility index (Phi) is 13.0. The van der Waals surface area contributed by atoms with E-state index in [2.05, 4.69) is 31.2 Å². The Hall–Kier alpha value is -4.52. The van der Waals surface area contributed by atoms with E-state index in [9.17, 15) is 24.0 Å². The molecule has 13 nitrogen and oxygen atoms in total. The fourth-order valence-electron chi connectivity index (χ4n) is 3.16. The molecule has 3 amide bonds. The number of hydrogen-bond acceptors (Lipinski definition) is 10. The number of nitrogens with zero attached hydrogens (tertiary/aromatic N) is 2. The average molecular weight is 575 g/mol. The second-order valence-corrected chi connectivity index (χ2v) is 8.46. The second-order valence-electron chi connectivity index (χ2n) is 8.08. The van der Waals surface area contributed by atoms with Crippen LogP contribution in [0, 0.1) is 6.92 Å². The summed E-state index contributed by atoms with van der Waals surface area (Å²) in [5.41, 5.74) is 0.589. The Morgan fingerprint density at radius 2 is 1.73 bits per heavy atom. The van der Waals surface area contributed by atoms with Crippen LogP contribution < -0.4 is 21.3 Å². The molecule has 4 N–H and O–H groups in total. The molecule has 2 aromatic rings. The maximum Gasteiger partial charge on any atom is 0.328 e. The Bertz CT molecular complexity index is 1220. The Balaban J connectivity index is 2.11. The number of esters is 2. The molecule has 0 spiro atoms. The van der Waals surface area contributed by atoms with Crippen molar-refractivity contribution in [3.05, 3.63) is 64.7 Å². The molecule has 40 heavy (non-hydrogen) atoms. The molecule has 0 aliphatic rings. The lowest BCUT2D eigenvalue weighted by atomic mass is 10.1. The van der Waals surface area contributed by atoms with Crippen LogP contribution in [0.25, 0.3) is 0 Å². The van der Waals surface area contributed by atoms with Crippen molar-refractivity contribution < 1.29 is 33.4 Å². The highest BCUT2D eigenvalue weighted by atomic mass is 35.5. The van der Waals surface area contributed by atoms with Crippen LogP contribution in [0.4, 0.5) is 5.95 Å². The van der Waals surface area contributed by atoms with Crippen molar-refractivity contribution in [1.29, 1.82) is 0 Å². The average Bonchev–Trinajstić information content (AvgIpc) is 2.92. The summed E-state index contributed by atoms with van der Waals surface area (Å²) in [5.74, 6) is -3.34. The summed E-state index contributed by atoms with van der Waals surface area (Å²) in [6.45, 7) is 4.63. The predicted octanol–water partition coefficient (Wildman–Crippen LogP) is 1.63. The van der Waals surface area contributed by atoms with Gasteiger partial charge >= 0.3 is 11.9 Å².